The first-order valence-electron chi connectivity index (χ1n) is 7.47. The van der Waals surface area contributed by atoms with E-state index in [-0.39, 0.29) is 0 Å². The van der Waals surface area contributed by atoms with Crippen molar-refractivity contribution < 1.29 is 9.84 Å². The summed E-state index contributed by atoms with van der Waals surface area (Å²) in [5, 5.41) is 13.6. The van der Waals surface area contributed by atoms with Crippen LogP contribution in [0, 0.1) is 17.8 Å². The van der Waals surface area contributed by atoms with Crippen molar-refractivity contribution in [3.63, 3.8) is 0 Å². The SMILES string of the molecule is COc1cccc([C@H](O)CNC[C@H]2C[C@H]3C=C[C@H]2C3)c1. The van der Waals surface area contributed by atoms with Gasteiger partial charge in [0, 0.05) is 6.54 Å². The summed E-state index contributed by atoms with van der Waals surface area (Å²) in [6, 6.07) is 7.64. The molecule has 4 atom stereocenters. The van der Waals surface area contributed by atoms with Gasteiger partial charge >= 0.3 is 0 Å². The Kier molecular flexibility index (Phi) is 4.08. The molecule has 2 aliphatic rings. The average Bonchev–Trinajstić information content (AvgIpc) is 3.10. The Morgan fingerprint density at radius 2 is 2.25 bits per heavy atom. The molecule has 0 radical (unpaired) electrons. The lowest BCUT2D eigenvalue weighted by Gasteiger charge is -2.20. The maximum atomic E-state index is 10.2. The zero-order chi connectivity index (χ0) is 13.9. The van der Waals surface area contributed by atoms with E-state index in [4.69, 9.17) is 4.74 Å². The minimum Gasteiger partial charge on any atom is -0.497 e. The standard InChI is InChI=1S/C17H23NO2/c1-20-16-4-2-3-14(9-16)17(19)11-18-10-15-8-12-5-6-13(15)7-12/h2-6,9,12-13,15,17-19H,7-8,10-11H2,1H3/t12-,13-,15+,17+/m0/s1. The van der Waals surface area contributed by atoms with Crippen LogP contribution >= 0.6 is 0 Å². The van der Waals surface area contributed by atoms with Crippen LogP contribution in [0.2, 0.25) is 0 Å². The lowest BCUT2D eigenvalue weighted by Crippen LogP contribution is -2.29. The summed E-state index contributed by atoms with van der Waals surface area (Å²) in [7, 11) is 1.65. The quantitative estimate of drug-likeness (QED) is 0.783. The maximum absolute atomic E-state index is 10.2. The maximum Gasteiger partial charge on any atom is 0.119 e. The van der Waals surface area contributed by atoms with Gasteiger partial charge in [-0.25, -0.2) is 0 Å². The molecule has 2 aliphatic carbocycles. The lowest BCUT2D eigenvalue weighted by molar-refractivity contribution is 0.171. The summed E-state index contributed by atoms with van der Waals surface area (Å²) < 4.78 is 5.19. The highest BCUT2D eigenvalue weighted by molar-refractivity contribution is 5.29. The highest BCUT2D eigenvalue weighted by atomic mass is 16.5. The molecule has 0 unspecified atom stereocenters. The number of rotatable bonds is 6. The Labute approximate surface area is 120 Å². The number of aliphatic hydroxyl groups excluding tert-OH is 1. The van der Waals surface area contributed by atoms with Gasteiger partial charge in [0.15, 0.2) is 0 Å². The van der Waals surface area contributed by atoms with Crippen molar-refractivity contribution in [2.45, 2.75) is 18.9 Å². The topological polar surface area (TPSA) is 41.5 Å². The Bertz CT molecular complexity index is 486. The fraction of sp³-hybridized carbons (Fsp3) is 0.529. The first-order valence-corrected chi connectivity index (χ1v) is 7.47. The Morgan fingerprint density at radius 1 is 1.35 bits per heavy atom. The van der Waals surface area contributed by atoms with E-state index < -0.39 is 6.10 Å². The third kappa shape index (κ3) is 2.89. The Hall–Kier alpha value is -1.32. The molecule has 1 fully saturated rings. The molecule has 3 nitrogen and oxygen atoms in total. The third-order valence-corrected chi connectivity index (χ3v) is 4.64. The Morgan fingerprint density at radius 3 is 2.95 bits per heavy atom. The number of benzene rings is 1. The molecule has 3 rings (SSSR count). The number of hydrogen-bond acceptors (Lipinski definition) is 3. The predicted molar refractivity (Wildman–Crippen MR) is 79.7 cm³/mol. The number of fused-ring (bicyclic) bond motifs is 2. The number of ether oxygens (including phenoxy) is 1. The van der Waals surface area contributed by atoms with Crippen LogP contribution in [0.25, 0.3) is 0 Å². The zero-order valence-electron chi connectivity index (χ0n) is 12.0. The fourth-order valence-electron chi connectivity index (χ4n) is 3.50. The molecule has 3 heteroatoms. The molecular formula is C17H23NO2. The molecule has 0 aromatic heterocycles. The molecule has 0 aliphatic heterocycles. The molecule has 108 valence electrons. The van der Waals surface area contributed by atoms with Gasteiger partial charge in [0.1, 0.15) is 5.75 Å². The molecule has 0 spiro atoms. The van der Waals surface area contributed by atoms with Gasteiger partial charge in [-0.3, -0.25) is 0 Å². The van der Waals surface area contributed by atoms with E-state index >= 15 is 0 Å². The second-order valence-corrected chi connectivity index (χ2v) is 5.99. The fourth-order valence-corrected chi connectivity index (χ4v) is 3.50. The van der Waals surface area contributed by atoms with Gasteiger partial charge in [-0.15, -0.1) is 0 Å². The monoisotopic (exact) mass is 273 g/mol. The van der Waals surface area contributed by atoms with Crippen LogP contribution in [0.4, 0.5) is 0 Å². The predicted octanol–water partition coefficient (Wildman–Crippen LogP) is 2.53. The Balaban J connectivity index is 1.47. The van der Waals surface area contributed by atoms with E-state index in [1.54, 1.807) is 7.11 Å². The lowest BCUT2D eigenvalue weighted by atomic mass is 9.93. The average molecular weight is 273 g/mol. The van der Waals surface area contributed by atoms with Crippen LogP contribution in [-0.2, 0) is 0 Å². The second kappa shape index (κ2) is 5.98. The molecule has 2 bridgehead atoms. The summed E-state index contributed by atoms with van der Waals surface area (Å²) in [5.74, 6) is 3.12. The number of methoxy groups -OCH3 is 1. The molecule has 2 N–H and O–H groups in total. The van der Waals surface area contributed by atoms with Crippen molar-refractivity contribution in [1.29, 1.82) is 0 Å². The second-order valence-electron chi connectivity index (χ2n) is 5.99. The van der Waals surface area contributed by atoms with E-state index in [0.29, 0.717) is 6.54 Å². The summed E-state index contributed by atoms with van der Waals surface area (Å²) >= 11 is 0. The van der Waals surface area contributed by atoms with E-state index in [1.165, 1.54) is 12.8 Å². The number of aliphatic hydroxyl groups is 1. The van der Waals surface area contributed by atoms with Gasteiger partial charge in [0.25, 0.3) is 0 Å². The van der Waals surface area contributed by atoms with Crippen LogP contribution in [0.15, 0.2) is 36.4 Å². The number of hydrogen-bond donors (Lipinski definition) is 2. The van der Waals surface area contributed by atoms with Crippen LogP contribution in [0.5, 0.6) is 5.75 Å². The zero-order valence-corrected chi connectivity index (χ0v) is 12.0. The van der Waals surface area contributed by atoms with Crippen molar-refractivity contribution in [3.8, 4) is 5.75 Å². The van der Waals surface area contributed by atoms with Gasteiger partial charge < -0.3 is 15.2 Å². The molecule has 20 heavy (non-hydrogen) atoms. The van der Waals surface area contributed by atoms with E-state index in [0.717, 1.165) is 35.6 Å². The van der Waals surface area contributed by atoms with Crippen molar-refractivity contribution in [2.75, 3.05) is 20.2 Å². The van der Waals surface area contributed by atoms with Gasteiger partial charge in [0.05, 0.1) is 13.2 Å². The van der Waals surface area contributed by atoms with Crippen LogP contribution < -0.4 is 10.1 Å². The molecule has 1 saturated carbocycles. The molecule has 0 heterocycles. The van der Waals surface area contributed by atoms with Gasteiger partial charge in [0.2, 0.25) is 0 Å². The molecular weight excluding hydrogens is 250 g/mol. The van der Waals surface area contributed by atoms with Crippen molar-refractivity contribution in [3.05, 3.63) is 42.0 Å². The van der Waals surface area contributed by atoms with Crippen LogP contribution in [-0.4, -0.2) is 25.3 Å². The summed E-state index contributed by atoms with van der Waals surface area (Å²) in [5.41, 5.74) is 0.907. The van der Waals surface area contributed by atoms with Crippen molar-refractivity contribution in [2.24, 2.45) is 17.8 Å². The van der Waals surface area contributed by atoms with E-state index in [9.17, 15) is 5.11 Å². The van der Waals surface area contributed by atoms with Crippen molar-refractivity contribution >= 4 is 0 Å². The van der Waals surface area contributed by atoms with Gasteiger partial charge in [-0.2, -0.15) is 0 Å². The third-order valence-electron chi connectivity index (χ3n) is 4.64. The smallest absolute Gasteiger partial charge is 0.119 e. The molecule has 1 aromatic carbocycles. The molecule has 0 saturated heterocycles. The minimum atomic E-state index is -0.473. The van der Waals surface area contributed by atoms with E-state index in [2.05, 4.69) is 17.5 Å². The summed E-state index contributed by atoms with van der Waals surface area (Å²) in [6.07, 6.45) is 6.92. The minimum absolute atomic E-state index is 0.473. The normalized spacial score (nSPS) is 28.8. The number of allylic oxidation sites excluding steroid dienone is 2. The van der Waals surface area contributed by atoms with Crippen LogP contribution in [0.3, 0.4) is 0 Å². The summed E-state index contributed by atoms with van der Waals surface area (Å²) in [4.78, 5) is 0. The molecule has 0 amide bonds. The van der Waals surface area contributed by atoms with Gasteiger partial charge in [-0.05, 0) is 54.8 Å². The van der Waals surface area contributed by atoms with E-state index in [1.807, 2.05) is 24.3 Å². The van der Waals surface area contributed by atoms with Crippen LogP contribution in [0.1, 0.15) is 24.5 Å². The largest absolute Gasteiger partial charge is 0.497 e. The van der Waals surface area contributed by atoms with Gasteiger partial charge in [-0.1, -0.05) is 24.3 Å². The first kappa shape index (κ1) is 13.7. The number of nitrogens with one attached hydrogen (secondary N) is 1. The van der Waals surface area contributed by atoms with Crippen molar-refractivity contribution in [1.82, 2.24) is 5.32 Å². The molecule has 1 aromatic rings. The highest BCUT2D eigenvalue weighted by Gasteiger charge is 2.35. The summed E-state index contributed by atoms with van der Waals surface area (Å²) in [6.45, 7) is 1.61. The highest BCUT2D eigenvalue weighted by Crippen LogP contribution is 2.42. The first-order chi connectivity index (χ1) is 9.76.